The molecule has 0 bridgehead atoms. The first-order valence-electron chi connectivity index (χ1n) is 6.71. The van der Waals surface area contributed by atoms with Crippen molar-refractivity contribution < 1.29 is 0 Å². The fourth-order valence-electron chi connectivity index (χ4n) is 2.24. The Hall–Kier alpha value is -2.07. The van der Waals surface area contributed by atoms with Crippen molar-refractivity contribution in [1.82, 2.24) is 4.98 Å². The van der Waals surface area contributed by atoms with E-state index in [0.717, 1.165) is 35.1 Å². The van der Waals surface area contributed by atoms with E-state index in [1.165, 1.54) is 9.75 Å². The van der Waals surface area contributed by atoms with Crippen molar-refractivity contribution in [2.45, 2.75) is 19.9 Å². The minimum atomic E-state index is 0.789. The molecule has 3 rings (SSSR count). The molecule has 0 aliphatic heterocycles. The van der Waals surface area contributed by atoms with Gasteiger partial charge in [-0.1, -0.05) is 13.0 Å². The molecule has 0 saturated heterocycles. The largest absolute Gasteiger partial charge is 0.397 e. The zero-order chi connectivity index (χ0) is 13.9. The van der Waals surface area contributed by atoms with Crippen LogP contribution < -0.4 is 11.1 Å². The first kappa shape index (κ1) is 12.9. The van der Waals surface area contributed by atoms with Crippen molar-refractivity contribution >= 4 is 33.5 Å². The van der Waals surface area contributed by atoms with Gasteiger partial charge >= 0.3 is 0 Å². The van der Waals surface area contributed by atoms with E-state index >= 15 is 0 Å². The van der Waals surface area contributed by atoms with Gasteiger partial charge in [-0.3, -0.25) is 4.98 Å². The molecule has 0 unspecified atom stereocenters. The highest BCUT2D eigenvalue weighted by Crippen LogP contribution is 2.29. The number of aromatic nitrogens is 1. The molecule has 2 aromatic heterocycles. The zero-order valence-corrected chi connectivity index (χ0v) is 12.2. The number of benzene rings is 1. The molecule has 0 aliphatic rings. The molecule has 3 N–H and O–H groups in total. The van der Waals surface area contributed by atoms with Gasteiger partial charge in [0.2, 0.25) is 0 Å². The van der Waals surface area contributed by atoms with E-state index in [2.05, 4.69) is 29.4 Å². The summed E-state index contributed by atoms with van der Waals surface area (Å²) < 4.78 is 0. The summed E-state index contributed by atoms with van der Waals surface area (Å²) in [6, 6.07) is 10.4. The van der Waals surface area contributed by atoms with Crippen LogP contribution in [-0.4, -0.2) is 4.98 Å². The lowest BCUT2D eigenvalue weighted by atomic mass is 10.1. The number of nitrogens with one attached hydrogen (secondary N) is 1. The number of thiophene rings is 1. The van der Waals surface area contributed by atoms with E-state index in [1.807, 2.05) is 35.7 Å². The van der Waals surface area contributed by atoms with Gasteiger partial charge in [0.05, 0.1) is 11.4 Å². The van der Waals surface area contributed by atoms with Crippen LogP contribution in [0.25, 0.3) is 10.8 Å². The third kappa shape index (κ3) is 2.47. The molecule has 3 nitrogen and oxygen atoms in total. The summed E-state index contributed by atoms with van der Waals surface area (Å²) in [4.78, 5) is 6.86. The van der Waals surface area contributed by atoms with Crippen molar-refractivity contribution in [2.75, 3.05) is 11.1 Å². The Bertz CT molecular complexity index is 733. The number of hydrogen-bond donors (Lipinski definition) is 2. The third-order valence-corrected chi connectivity index (χ3v) is 4.61. The number of nitrogens with two attached hydrogens (primary N) is 1. The minimum Gasteiger partial charge on any atom is -0.397 e. The molecule has 20 heavy (non-hydrogen) atoms. The number of aryl methyl sites for hydroxylation is 1. The monoisotopic (exact) mass is 283 g/mol. The van der Waals surface area contributed by atoms with Crippen molar-refractivity contribution in [3.63, 3.8) is 0 Å². The Balaban J connectivity index is 1.82. The average Bonchev–Trinajstić information content (AvgIpc) is 2.95. The average molecular weight is 283 g/mol. The van der Waals surface area contributed by atoms with Gasteiger partial charge in [-0.05, 0) is 30.7 Å². The Morgan fingerprint density at radius 1 is 1.15 bits per heavy atom. The van der Waals surface area contributed by atoms with Gasteiger partial charge in [-0.2, -0.15) is 0 Å². The number of anilines is 2. The summed E-state index contributed by atoms with van der Waals surface area (Å²) in [7, 11) is 0. The van der Waals surface area contributed by atoms with Crippen molar-refractivity contribution in [2.24, 2.45) is 0 Å². The molecule has 0 amide bonds. The lowest BCUT2D eigenvalue weighted by Gasteiger charge is -2.10. The topological polar surface area (TPSA) is 50.9 Å². The molecule has 102 valence electrons. The van der Waals surface area contributed by atoms with E-state index in [-0.39, 0.29) is 0 Å². The van der Waals surface area contributed by atoms with Gasteiger partial charge < -0.3 is 11.1 Å². The summed E-state index contributed by atoms with van der Waals surface area (Å²) in [5.74, 6) is 0. The third-order valence-electron chi connectivity index (χ3n) is 3.38. The Kier molecular flexibility index (Phi) is 3.56. The first-order chi connectivity index (χ1) is 9.78. The second-order valence-electron chi connectivity index (χ2n) is 4.70. The van der Waals surface area contributed by atoms with Crippen LogP contribution in [0.5, 0.6) is 0 Å². The van der Waals surface area contributed by atoms with Crippen LogP contribution >= 0.6 is 11.3 Å². The molecule has 0 aliphatic carbocycles. The molecular weight excluding hydrogens is 266 g/mol. The maximum Gasteiger partial charge on any atom is 0.0630 e. The molecule has 1 aromatic carbocycles. The van der Waals surface area contributed by atoms with E-state index in [0.29, 0.717) is 0 Å². The number of rotatable bonds is 4. The molecular formula is C16H17N3S. The molecule has 0 spiro atoms. The number of hydrogen-bond acceptors (Lipinski definition) is 4. The number of pyridine rings is 1. The molecule has 0 fully saturated rings. The van der Waals surface area contributed by atoms with E-state index in [1.54, 1.807) is 6.20 Å². The highest BCUT2D eigenvalue weighted by Gasteiger charge is 2.05. The molecule has 0 radical (unpaired) electrons. The maximum atomic E-state index is 6.23. The highest BCUT2D eigenvalue weighted by molar-refractivity contribution is 7.12. The normalized spacial score (nSPS) is 10.8. The maximum absolute atomic E-state index is 6.23. The van der Waals surface area contributed by atoms with Gasteiger partial charge in [-0.15, -0.1) is 11.3 Å². The number of nitrogen functional groups attached to an aromatic ring is 1. The van der Waals surface area contributed by atoms with Crippen LogP contribution in [-0.2, 0) is 13.0 Å². The summed E-state index contributed by atoms with van der Waals surface area (Å²) in [5, 5.41) is 5.54. The SMILES string of the molecule is CCc1ccc(CNc2ccc3cnccc3c2N)s1. The van der Waals surface area contributed by atoms with Crippen LogP contribution in [0, 0.1) is 0 Å². The molecule has 3 aromatic rings. The molecule has 0 atom stereocenters. The Morgan fingerprint density at radius 2 is 2.00 bits per heavy atom. The molecule has 4 heteroatoms. The molecule has 0 saturated carbocycles. The van der Waals surface area contributed by atoms with Gasteiger partial charge in [0, 0.05) is 39.5 Å². The van der Waals surface area contributed by atoms with Crippen molar-refractivity contribution in [3.05, 3.63) is 52.5 Å². The fraction of sp³-hybridized carbons (Fsp3) is 0.188. The quantitative estimate of drug-likeness (QED) is 0.710. The Labute approximate surface area is 122 Å². The second kappa shape index (κ2) is 5.51. The summed E-state index contributed by atoms with van der Waals surface area (Å²) >= 11 is 1.85. The fourth-order valence-corrected chi connectivity index (χ4v) is 3.13. The van der Waals surface area contributed by atoms with Gasteiger partial charge in [0.15, 0.2) is 0 Å². The van der Waals surface area contributed by atoms with E-state index in [4.69, 9.17) is 5.73 Å². The van der Waals surface area contributed by atoms with Gasteiger partial charge in [0.1, 0.15) is 0 Å². The van der Waals surface area contributed by atoms with Gasteiger partial charge in [-0.25, -0.2) is 0 Å². The first-order valence-corrected chi connectivity index (χ1v) is 7.53. The summed E-state index contributed by atoms with van der Waals surface area (Å²) in [6.07, 6.45) is 4.70. The lowest BCUT2D eigenvalue weighted by Crippen LogP contribution is -2.01. The summed E-state index contributed by atoms with van der Waals surface area (Å²) in [6.45, 7) is 2.99. The minimum absolute atomic E-state index is 0.789. The van der Waals surface area contributed by atoms with Crippen LogP contribution in [0.1, 0.15) is 16.7 Å². The smallest absolute Gasteiger partial charge is 0.0630 e. The van der Waals surface area contributed by atoms with Crippen LogP contribution in [0.15, 0.2) is 42.7 Å². The van der Waals surface area contributed by atoms with Crippen LogP contribution in [0.4, 0.5) is 11.4 Å². The summed E-state index contributed by atoms with van der Waals surface area (Å²) in [5.41, 5.74) is 8.00. The standard InChI is InChI=1S/C16H17N3S/c1-2-12-4-5-13(20-12)10-19-15-6-3-11-9-18-8-7-14(11)16(15)17/h3-9,19H,2,10,17H2,1H3. The Morgan fingerprint density at radius 3 is 2.80 bits per heavy atom. The second-order valence-corrected chi connectivity index (χ2v) is 5.95. The van der Waals surface area contributed by atoms with Crippen LogP contribution in [0.2, 0.25) is 0 Å². The zero-order valence-electron chi connectivity index (χ0n) is 11.4. The van der Waals surface area contributed by atoms with E-state index in [9.17, 15) is 0 Å². The predicted molar refractivity (Wildman–Crippen MR) is 87.2 cm³/mol. The van der Waals surface area contributed by atoms with Crippen molar-refractivity contribution in [3.8, 4) is 0 Å². The van der Waals surface area contributed by atoms with Crippen LogP contribution in [0.3, 0.4) is 0 Å². The van der Waals surface area contributed by atoms with Gasteiger partial charge in [0.25, 0.3) is 0 Å². The number of nitrogens with zero attached hydrogens (tertiary/aromatic N) is 1. The highest BCUT2D eigenvalue weighted by atomic mass is 32.1. The van der Waals surface area contributed by atoms with Crippen molar-refractivity contribution in [1.29, 1.82) is 0 Å². The molecule has 2 heterocycles. The number of fused-ring (bicyclic) bond motifs is 1. The predicted octanol–water partition coefficient (Wildman–Crippen LogP) is 4.05. The lowest BCUT2D eigenvalue weighted by molar-refractivity contribution is 1.19. The van der Waals surface area contributed by atoms with E-state index < -0.39 is 0 Å².